The number of imidazole rings is 1. The third kappa shape index (κ3) is 4.43. The van der Waals surface area contributed by atoms with Gasteiger partial charge < -0.3 is 5.11 Å². The van der Waals surface area contributed by atoms with Crippen molar-refractivity contribution >= 4 is 11.0 Å². The summed E-state index contributed by atoms with van der Waals surface area (Å²) in [6.45, 7) is 2.09. The van der Waals surface area contributed by atoms with Gasteiger partial charge in [-0.05, 0) is 71.6 Å². The summed E-state index contributed by atoms with van der Waals surface area (Å²) in [6, 6.07) is 40.6. The standard InChI is InChI=1S/C36H26N4O/c1-24-23-38-31(22-30(24)25-11-4-2-5-12-25)27-14-8-13-26(21-27)29-17-9-18-32-34(29)39-36(35-33(41)19-10-20-37-35)40(32)28-15-6-3-7-16-28/h2-23,41H,1H3. The first-order chi connectivity index (χ1) is 20.2. The molecule has 0 aliphatic carbocycles. The number of para-hydroxylation sites is 2. The van der Waals surface area contributed by atoms with E-state index in [0.29, 0.717) is 11.5 Å². The molecule has 1 N–H and O–H groups in total. The van der Waals surface area contributed by atoms with Crippen LogP contribution >= 0.6 is 0 Å². The normalized spacial score (nSPS) is 11.1. The Balaban J connectivity index is 1.40. The van der Waals surface area contributed by atoms with E-state index in [1.807, 2.05) is 48.7 Å². The smallest absolute Gasteiger partial charge is 0.168 e. The predicted octanol–water partition coefficient (Wildman–Crippen LogP) is 8.50. The molecule has 196 valence electrons. The van der Waals surface area contributed by atoms with E-state index in [1.165, 1.54) is 11.1 Å². The van der Waals surface area contributed by atoms with Crippen molar-refractivity contribution in [3.8, 4) is 56.5 Å². The number of aryl methyl sites for hydroxylation is 1. The van der Waals surface area contributed by atoms with Gasteiger partial charge in [-0.2, -0.15) is 0 Å². The molecule has 0 saturated heterocycles. The molecule has 0 bridgehead atoms. The highest BCUT2D eigenvalue weighted by Crippen LogP contribution is 2.37. The lowest BCUT2D eigenvalue weighted by molar-refractivity contribution is 0.474. The van der Waals surface area contributed by atoms with Gasteiger partial charge in [0, 0.05) is 29.2 Å². The minimum absolute atomic E-state index is 0.0863. The molecular formula is C36H26N4O. The Morgan fingerprint density at radius 3 is 2.17 bits per heavy atom. The van der Waals surface area contributed by atoms with Gasteiger partial charge in [-0.15, -0.1) is 0 Å². The van der Waals surface area contributed by atoms with Gasteiger partial charge in [0.25, 0.3) is 0 Å². The summed E-state index contributed by atoms with van der Waals surface area (Å²) in [4.78, 5) is 14.4. The minimum atomic E-state index is 0.0863. The molecule has 41 heavy (non-hydrogen) atoms. The molecule has 0 unspecified atom stereocenters. The van der Waals surface area contributed by atoms with Gasteiger partial charge in [0.05, 0.1) is 16.7 Å². The SMILES string of the molecule is Cc1cnc(-c2cccc(-c3cccc4c3nc(-c3ncccc3O)n4-c3ccccc3)c2)cc1-c1ccccc1. The molecule has 0 amide bonds. The maximum Gasteiger partial charge on any atom is 0.168 e. The maximum absolute atomic E-state index is 10.7. The highest BCUT2D eigenvalue weighted by molar-refractivity contribution is 5.96. The van der Waals surface area contributed by atoms with E-state index < -0.39 is 0 Å². The van der Waals surface area contributed by atoms with E-state index >= 15 is 0 Å². The Labute approximate surface area is 238 Å². The number of rotatable bonds is 5. The first-order valence-electron chi connectivity index (χ1n) is 13.5. The van der Waals surface area contributed by atoms with Crippen LogP contribution in [0.4, 0.5) is 0 Å². The average molecular weight is 531 g/mol. The summed E-state index contributed by atoms with van der Waals surface area (Å²) in [5, 5.41) is 10.7. The Hall–Kier alpha value is -5.55. The molecule has 3 heterocycles. The van der Waals surface area contributed by atoms with E-state index in [9.17, 15) is 5.11 Å². The van der Waals surface area contributed by atoms with Crippen LogP contribution < -0.4 is 0 Å². The van der Waals surface area contributed by atoms with Crippen LogP contribution in [-0.4, -0.2) is 24.6 Å². The third-order valence-electron chi connectivity index (χ3n) is 7.36. The third-order valence-corrected chi connectivity index (χ3v) is 7.36. The Kier molecular flexibility index (Phi) is 6.10. The number of fused-ring (bicyclic) bond motifs is 1. The first kappa shape index (κ1) is 24.5. The number of aromatic nitrogens is 4. The molecule has 0 aliphatic rings. The molecule has 0 fully saturated rings. The van der Waals surface area contributed by atoms with Gasteiger partial charge in [0.15, 0.2) is 5.82 Å². The van der Waals surface area contributed by atoms with Crippen molar-refractivity contribution in [2.24, 2.45) is 0 Å². The van der Waals surface area contributed by atoms with Crippen LogP contribution in [0.15, 0.2) is 134 Å². The number of benzene rings is 4. The van der Waals surface area contributed by atoms with Gasteiger partial charge in [-0.25, -0.2) is 9.97 Å². The van der Waals surface area contributed by atoms with Crippen molar-refractivity contribution in [3.05, 3.63) is 139 Å². The van der Waals surface area contributed by atoms with Crippen molar-refractivity contribution < 1.29 is 5.11 Å². The zero-order chi connectivity index (χ0) is 27.8. The fourth-order valence-electron chi connectivity index (χ4n) is 5.35. The van der Waals surface area contributed by atoms with Crippen molar-refractivity contribution in [2.75, 3.05) is 0 Å². The van der Waals surface area contributed by atoms with Crippen LogP contribution in [0.5, 0.6) is 5.75 Å². The van der Waals surface area contributed by atoms with Crippen LogP contribution in [0.2, 0.25) is 0 Å². The molecule has 0 radical (unpaired) electrons. The molecule has 0 spiro atoms. The number of hydrogen-bond acceptors (Lipinski definition) is 4. The van der Waals surface area contributed by atoms with Crippen LogP contribution in [0.1, 0.15) is 5.56 Å². The zero-order valence-electron chi connectivity index (χ0n) is 22.4. The molecule has 0 aliphatic heterocycles. The first-order valence-corrected chi connectivity index (χ1v) is 13.5. The minimum Gasteiger partial charge on any atom is -0.506 e. The lowest BCUT2D eigenvalue weighted by atomic mass is 9.97. The van der Waals surface area contributed by atoms with Gasteiger partial charge >= 0.3 is 0 Å². The summed E-state index contributed by atoms with van der Waals surface area (Å²) < 4.78 is 2.05. The lowest BCUT2D eigenvalue weighted by Gasteiger charge is -2.11. The Bertz CT molecular complexity index is 2010. The quantitative estimate of drug-likeness (QED) is 0.242. The van der Waals surface area contributed by atoms with Gasteiger partial charge in [-0.3, -0.25) is 9.55 Å². The molecule has 4 aromatic carbocycles. The molecule has 7 aromatic rings. The topological polar surface area (TPSA) is 63.8 Å². The highest BCUT2D eigenvalue weighted by atomic mass is 16.3. The van der Waals surface area contributed by atoms with E-state index in [0.717, 1.165) is 44.7 Å². The summed E-state index contributed by atoms with van der Waals surface area (Å²) >= 11 is 0. The van der Waals surface area contributed by atoms with E-state index in [-0.39, 0.29) is 5.75 Å². The van der Waals surface area contributed by atoms with Gasteiger partial charge in [-0.1, -0.05) is 78.9 Å². The van der Waals surface area contributed by atoms with Gasteiger partial charge in [0.1, 0.15) is 11.4 Å². The largest absolute Gasteiger partial charge is 0.506 e. The van der Waals surface area contributed by atoms with Crippen LogP contribution in [0.25, 0.3) is 61.8 Å². The molecule has 3 aromatic heterocycles. The maximum atomic E-state index is 10.7. The van der Waals surface area contributed by atoms with Crippen LogP contribution in [0.3, 0.4) is 0 Å². The lowest BCUT2D eigenvalue weighted by Crippen LogP contribution is -1.98. The Morgan fingerprint density at radius 1 is 0.634 bits per heavy atom. The number of hydrogen-bond donors (Lipinski definition) is 1. The van der Waals surface area contributed by atoms with Crippen LogP contribution in [-0.2, 0) is 0 Å². The van der Waals surface area contributed by atoms with Gasteiger partial charge in [0.2, 0.25) is 0 Å². The van der Waals surface area contributed by atoms with Crippen molar-refractivity contribution in [3.63, 3.8) is 0 Å². The molecule has 0 saturated carbocycles. The van der Waals surface area contributed by atoms with E-state index in [1.54, 1.807) is 18.3 Å². The number of nitrogens with zero attached hydrogens (tertiary/aromatic N) is 4. The van der Waals surface area contributed by atoms with Crippen LogP contribution in [0, 0.1) is 6.92 Å². The second-order valence-corrected chi connectivity index (χ2v) is 9.98. The average Bonchev–Trinajstić information content (AvgIpc) is 3.42. The second-order valence-electron chi connectivity index (χ2n) is 9.98. The second kappa shape index (κ2) is 10.2. The monoisotopic (exact) mass is 530 g/mol. The number of aromatic hydroxyl groups is 1. The summed E-state index contributed by atoms with van der Waals surface area (Å²) in [6.07, 6.45) is 3.62. The zero-order valence-corrected chi connectivity index (χ0v) is 22.4. The van der Waals surface area contributed by atoms with Crippen molar-refractivity contribution in [2.45, 2.75) is 6.92 Å². The predicted molar refractivity (Wildman–Crippen MR) is 165 cm³/mol. The fraction of sp³-hybridized carbons (Fsp3) is 0.0278. The van der Waals surface area contributed by atoms with Crippen molar-refractivity contribution in [1.82, 2.24) is 19.5 Å². The summed E-state index contributed by atoms with van der Waals surface area (Å²) in [5.74, 6) is 0.670. The summed E-state index contributed by atoms with van der Waals surface area (Å²) in [5.41, 5.74) is 10.6. The highest BCUT2D eigenvalue weighted by Gasteiger charge is 2.20. The summed E-state index contributed by atoms with van der Waals surface area (Å²) in [7, 11) is 0. The number of pyridine rings is 2. The molecule has 5 nitrogen and oxygen atoms in total. The molecule has 5 heteroatoms. The van der Waals surface area contributed by atoms with E-state index in [4.69, 9.17) is 9.97 Å². The van der Waals surface area contributed by atoms with Crippen molar-refractivity contribution in [1.29, 1.82) is 0 Å². The fourth-order valence-corrected chi connectivity index (χ4v) is 5.35. The molecule has 0 atom stereocenters. The molecular weight excluding hydrogens is 504 g/mol. The Morgan fingerprint density at radius 2 is 1.37 bits per heavy atom. The molecule has 7 rings (SSSR count). The van der Waals surface area contributed by atoms with E-state index in [2.05, 4.69) is 83.2 Å².